The molecular formula is C15H17NO. The van der Waals surface area contributed by atoms with Crippen molar-refractivity contribution in [3.8, 4) is 0 Å². The molecule has 88 valence electrons. The maximum atomic E-state index is 5.73. The molecule has 0 saturated heterocycles. The van der Waals surface area contributed by atoms with Gasteiger partial charge in [0.15, 0.2) is 5.60 Å². The lowest BCUT2D eigenvalue weighted by molar-refractivity contribution is 0.00870. The highest BCUT2D eigenvalue weighted by Crippen LogP contribution is 2.37. The number of hydrogen-bond donors (Lipinski definition) is 0. The fraction of sp³-hybridized carbons (Fsp3) is 0.400. The SMILES string of the molecule is CC1=CC2(CCC1)CC(c1ccccc1)=NO2. The predicted octanol–water partition coefficient (Wildman–Crippen LogP) is 3.68. The van der Waals surface area contributed by atoms with Gasteiger partial charge >= 0.3 is 0 Å². The molecule has 1 spiro atoms. The summed E-state index contributed by atoms with van der Waals surface area (Å²) >= 11 is 0. The van der Waals surface area contributed by atoms with Crippen LogP contribution in [0.3, 0.4) is 0 Å². The molecule has 0 radical (unpaired) electrons. The molecule has 0 amide bonds. The minimum absolute atomic E-state index is 0.145. The van der Waals surface area contributed by atoms with E-state index >= 15 is 0 Å². The molecule has 1 aliphatic carbocycles. The van der Waals surface area contributed by atoms with Crippen LogP contribution in [0.2, 0.25) is 0 Å². The van der Waals surface area contributed by atoms with E-state index in [0.717, 1.165) is 18.6 Å². The van der Waals surface area contributed by atoms with Crippen molar-refractivity contribution in [2.45, 2.75) is 38.2 Å². The van der Waals surface area contributed by atoms with E-state index in [0.29, 0.717) is 0 Å². The third-order valence-corrected chi connectivity index (χ3v) is 3.59. The van der Waals surface area contributed by atoms with Crippen LogP contribution in [-0.4, -0.2) is 11.3 Å². The monoisotopic (exact) mass is 227 g/mol. The average molecular weight is 227 g/mol. The average Bonchev–Trinajstić information content (AvgIpc) is 2.74. The van der Waals surface area contributed by atoms with Gasteiger partial charge in [0.1, 0.15) is 0 Å². The van der Waals surface area contributed by atoms with Crippen molar-refractivity contribution >= 4 is 5.71 Å². The summed E-state index contributed by atoms with van der Waals surface area (Å²) in [5, 5.41) is 4.29. The first-order valence-electron chi connectivity index (χ1n) is 6.26. The van der Waals surface area contributed by atoms with Crippen molar-refractivity contribution in [3.05, 3.63) is 47.5 Å². The maximum absolute atomic E-state index is 5.73. The van der Waals surface area contributed by atoms with Gasteiger partial charge in [-0.2, -0.15) is 0 Å². The summed E-state index contributed by atoms with van der Waals surface area (Å²) in [6.45, 7) is 2.19. The van der Waals surface area contributed by atoms with Gasteiger partial charge in [0.2, 0.25) is 0 Å². The number of rotatable bonds is 1. The Morgan fingerprint density at radius 1 is 1.24 bits per heavy atom. The zero-order valence-corrected chi connectivity index (χ0v) is 10.1. The van der Waals surface area contributed by atoms with Crippen molar-refractivity contribution in [3.63, 3.8) is 0 Å². The zero-order valence-electron chi connectivity index (χ0n) is 10.1. The van der Waals surface area contributed by atoms with E-state index < -0.39 is 0 Å². The summed E-state index contributed by atoms with van der Waals surface area (Å²) in [4.78, 5) is 5.73. The van der Waals surface area contributed by atoms with E-state index in [1.165, 1.54) is 24.0 Å². The molecule has 1 unspecified atom stereocenters. The number of hydrogen-bond acceptors (Lipinski definition) is 2. The first-order valence-corrected chi connectivity index (χ1v) is 6.26. The minimum Gasteiger partial charge on any atom is -0.384 e. The number of nitrogens with zero attached hydrogens (tertiary/aromatic N) is 1. The van der Waals surface area contributed by atoms with E-state index in [1.54, 1.807) is 0 Å². The van der Waals surface area contributed by atoms with Crippen molar-refractivity contribution in [1.82, 2.24) is 0 Å². The van der Waals surface area contributed by atoms with E-state index in [9.17, 15) is 0 Å². The fourth-order valence-electron chi connectivity index (χ4n) is 2.75. The van der Waals surface area contributed by atoms with Gasteiger partial charge < -0.3 is 4.84 Å². The summed E-state index contributed by atoms with van der Waals surface area (Å²) in [5.41, 5.74) is 3.55. The van der Waals surface area contributed by atoms with Crippen LogP contribution >= 0.6 is 0 Å². The van der Waals surface area contributed by atoms with Crippen LogP contribution in [0.4, 0.5) is 0 Å². The van der Waals surface area contributed by atoms with Crippen molar-refractivity contribution < 1.29 is 4.84 Å². The summed E-state index contributed by atoms with van der Waals surface area (Å²) in [6.07, 6.45) is 6.68. The molecule has 1 aromatic carbocycles. The molecule has 0 fully saturated rings. The molecule has 2 nitrogen and oxygen atoms in total. The molecule has 1 aliphatic heterocycles. The lowest BCUT2D eigenvalue weighted by atomic mass is 9.83. The second-order valence-electron chi connectivity index (χ2n) is 5.08. The minimum atomic E-state index is -0.145. The summed E-state index contributed by atoms with van der Waals surface area (Å²) in [6, 6.07) is 10.3. The number of oxime groups is 1. The van der Waals surface area contributed by atoms with Crippen LogP contribution < -0.4 is 0 Å². The largest absolute Gasteiger partial charge is 0.384 e. The van der Waals surface area contributed by atoms with Crippen LogP contribution in [0.5, 0.6) is 0 Å². The van der Waals surface area contributed by atoms with E-state index in [4.69, 9.17) is 4.84 Å². The summed E-state index contributed by atoms with van der Waals surface area (Å²) < 4.78 is 0. The van der Waals surface area contributed by atoms with Crippen LogP contribution in [0, 0.1) is 0 Å². The highest BCUT2D eigenvalue weighted by Gasteiger charge is 2.38. The Morgan fingerprint density at radius 2 is 2.06 bits per heavy atom. The highest BCUT2D eigenvalue weighted by molar-refractivity contribution is 6.01. The lowest BCUT2D eigenvalue weighted by Gasteiger charge is -2.27. The third kappa shape index (κ3) is 1.99. The van der Waals surface area contributed by atoms with Gasteiger partial charge in [-0.1, -0.05) is 41.1 Å². The molecule has 1 heterocycles. The van der Waals surface area contributed by atoms with E-state index in [1.807, 2.05) is 18.2 Å². The van der Waals surface area contributed by atoms with Crippen molar-refractivity contribution in [1.29, 1.82) is 0 Å². The highest BCUT2D eigenvalue weighted by atomic mass is 16.7. The Hall–Kier alpha value is -1.57. The third-order valence-electron chi connectivity index (χ3n) is 3.59. The van der Waals surface area contributed by atoms with Gasteiger partial charge in [0.25, 0.3) is 0 Å². The smallest absolute Gasteiger partial charge is 0.161 e. The van der Waals surface area contributed by atoms with Gasteiger partial charge in [-0.3, -0.25) is 0 Å². The Balaban J connectivity index is 1.83. The molecule has 0 N–H and O–H groups in total. The molecule has 0 saturated carbocycles. The standard InChI is InChI=1S/C15H17NO/c1-12-6-5-9-15(10-12)11-14(16-17-15)13-7-3-2-4-8-13/h2-4,7-8,10H,5-6,9,11H2,1H3. The van der Waals surface area contributed by atoms with Crippen molar-refractivity contribution in [2.24, 2.45) is 5.16 Å². The molecule has 1 aromatic rings. The maximum Gasteiger partial charge on any atom is 0.161 e. The zero-order chi connectivity index (χ0) is 11.7. The molecule has 2 heteroatoms. The van der Waals surface area contributed by atoms with Crippen LogP contribution in [0.15, 0.2) is 47.1 Å². The van der Waals surface area contributed by atoms with Gasteiger partial charge in [-0.15, -0.1) is 0 Å². The van der Waals surface area contributed by atoms with Gasteiger partial charge in [-0.25, -0.2) is 0 Å². The van der Waals surface area contributed by atoms with Crippen molar-refractivity contribution in [2.75, 3.05) is 0 Å². The Bertz CT molecular complexity index is 475. The van der Waals surface area contributed by atoms with E-state index in [2.05, 4.69) is 30.3 Å². The first kappa shape index (κ1) is 10.6. The molecule has 0 bridgehead atoms. The van der Waals surface area contributed by atoms with Gasteiger partial charge in [0, 0.05) is 6.42 Å². The normalized spacial score (nSPS) is 27.6. The van der Waals surface area contributed by atoms with Gasteiger partial charge in [0.05, 0.1) is 5.71 Å². The second-order valence-corrected chi connectivity index (χ2v) is 5.08. The van der Waals surface area contributed by atoms with Gasteiger partial charge in [-0.05, 0) is 37.8 Å². The lowest BCUT2D eigenvalue weighted by Crippen LogP contribution is -2.29. The van der Waals surface area contributed by atoms with E-state index in [-0.39, 0.29) is 5.60 Å². The van der Waals surface area contributed by atoms with Crippen LogP contribution in [0.25, 0.3) is 0 Å². The quantitative estimate of drug-likeness (QED) is 0.671. The predicted molar refractivity (Wildman–Crippen MR) is 69.0 cm³/mol. The number of benzene rings is 1. The summed E-state index contributed by atoms with van der Waals surface area (Å²) in [5.74, 6) is 0. The van der Waals surface area contributed by atoms with Crippen LogP contribution in [-0.2, 0) is 4.84 Å². The molecule has 2 aliphatic rings. The molecule has 17 heavy (non-hydrogen) atoms. The summed E-state index contributed by atoms with van der Waals surface area (Å²) in [7, 11) is 0. The van der Waals surface area contributed by atoms with Crippen LogP contribution in [0.1, 0.15) is 38.2 Å². The fourth-order valence-corrected chi connectivity index (χ4v) is 2.75. The topological polar surface area (TPSA) is 21.6 Å². The molecular weight excluding hydrogens is 210 g/mol. The Kier molecular flexibility index (Phi) is 2.50. The molecule has 1 atom stereocenters. The molecule has 0 aromatic heterocycles. The molecule has 3 rings (SSSR count). The first-order chi connectivity index (χ1) is 8.27. The second kappa shape index (κ2) is 4.02. The Morgan fingerprint density at radius 3 is 2.82 bits per heavy atom. The Labute approximate surface area is 102 Å². The number of allylic oxidation sites excluding steroid dienone is 1.